The van der Waals surface area contributed by atoms with Gasteiger partial charge in [-0.15, -0.1) is 0 Å². The lowest BCUT2D eigenvalue weighted by Crippen LogP contribution is -2.54. The van der Waals surface area contributed by atoms with Gasteiger partial charge in [-0.3, -0.25) is 19.2 Å². The highest BCUT2D eigenvalue weighted by molar-refractivity contribution is 5.98. The van der Waals surface area contributed by atoms with Crippen molar-refractivity contribution in [1.29, 1.82) is 0 Å². The molecule has 3 aromatic carbocycles. The molecule has 1 saturated heterocycles. The van der Waals surface area contributed by atoms with Crippen LogP contribution in [-0.4, -0.2) is 98.1 Å². The highest BCUT2D eigenvalue weighted by atomic mass is 19.1. The number of benzene rings is 3. The Labute approximate surface area is 357 Å². The molecular formula is C45H60FN7O8. The van der Waals surface area contributed by atoms with E-state index in [-0.39, 0.29) is 47.7 Å². The van der Waals surface area contributed by atoms with Gasteiger partial charge in [0.1, 0.15) is 23.9 Å². The topological polar surface area (TPSA) is 179 Å². The minimum atomic E-state index is -0.843. The van der Waals surface area contributed by atoms with Crippen LogP contribution >= 0.6 is 0 Å². The van der Waals surface area contributed by atoms with Gasteiger partial charge in [0.05, 0.1) is 14.2 Å². The van der Waals surface area contributed by atoms with E-state index in [1.54, 1.807) is 36.2 Å². The Kier molecular flexibility index (Phi) is 17.9. The van der Waals surface area contributed by atoms with Crippen LogP contribution in [0.5, 0.6) is 0 Å². The number of amides is 6. The van der Waals surface area contributed by atoms with Crippen molar-refractivity contribution in [3.8, 4) is 0 Å². The molecule has 3 atom stereocenters. The number of likely N-dealkylation sites (N-methyl/N-ethyl adjacent to an activating group) is 1. The van der Waals surface area contributed by atoms with E-state index < -0.39 is 30.3 Å². The molecule has 3 aromatic rings. The van der Waals surface area contributed by atoms with Crippen molar-refractivity contribution in [2.75, 3.05) is 49.9 Å². The number of nitrogens with one attached hydrogen (secondary N) is 4. The van der Waals surface area contributed by atoms with Gasteiger partial charge < -0.3 is 45.4 Å². The lowest BCUT2D eigenvalue weighted by molar-refractivity contribution is -0.139. The highest BCUT2D eigenvalue weighted by Crippen LogP contribution is 2.25. The number of ether oxygens (including phenoxy) is 2. The summed E-state index contributed by atoms with van der Waals surface area (Å²) >= 11 is 0. The molecule has 61 heavy (non-hydrogen) atoms. The van der Waals surface area contributed by atoms with Crippen LogP contribution in [-0.2, 0) is 41.7 Å². The monoisotopic (exact) mass is 845 g/mol. The van der Waals surface area contributed by atoms with E-state index in [1.165, 1.54) is 31.3 Å². The van der Waals surface area contributed by atoms with Crippen LogP contribution in [0.1, 0.15) is 70.9 Å². The number of alkyl carbamates (subject to hydrolysis) is 2. The van der Waals surface area contributed by atoms with Gasteiger partial charge in [0, 0.05) is 56.7 Å². The van der Waals surface area contributed by atoms with Crippen molar-refractivity contribution in [1.82, 2.24) is 20.4 Å². The van der Waals surface area contributed by atoms with Crippen molar-refractivity contribution >= 4 is 52.9 Å². The van der Waals surface area contributed by atoms with E-state index >= 15 is 0 Å². The fourth-order valence-corrected chi connectivity index (χ4v) is 7.14. The largest absolute Gasteiger partial charge is 0.453 e. The van der Waals surface area contributed by atoms with E-state index in [1.807, 2.05) is 64.1 Å². The van der Waals surface area contributed by atoms with Gasteiger partial charge in [-0.25, -0.2) is 14.0 Å². The summed E-state index contributed by atoms with van der Waals surface area (Å²) in [4.78, 5) is 81.8. The minimum absolute atomic E-state index is 0.137. The molecule has 0 aromatic heterocycles. The smallest absolute Gasteiger partial charge is 0.407 e. The quantitative estimate of drug-likeness (QED) is 0.101. The molecule has 16 heteroatoms. The van der Waals surface area contributed by atoms with Crippen molar-refractivity contribution in [2.45, 2.75) is 91.0 Å². The van der Waals surface area contributed by atoms with Crippen LogP contribution in [0.3, 0.4) is 0 Å². The lowest BCUT2D eigenvalue weighted by Gasteiger charge is -2.30. The molecule has 1 heterocycles. The maximum atomic E-state index is 14.0. The number of carbonyl (C=O) groups is 6. The van der Waals surface area contributed by atoms with Crippen molar-refractivity contribution in [3.63, 3.8) is 0 Å². The summed E-state index contributed by atoms with van der Waals surface area (Å²) in [6, 6.07) is 18.8. The predicted molar refractivity (Wildman–Crippen MR) is 231 cm³/mol. The number of hydrogen-bond acceptors (Lipinski definition) is 9. The Hall–Kier alpha value is -6.19. The second-order valence-corrected chi connectivity index (χ2v) is 15.9. The zero-order valence-corrected chi connectivity index (χ0v) is 36.2. The van der Waals surface area contributed by atoms with Crippen molar-refractivity contribution < 1.29 is 42.6 Å². The first kappa shape index (κ1) is 47.5. The normalized spacial score (nSPS) is 14.5. The summed E-state index contributed by atoms with van der Waals surface area (Å²) in [6.45, 7) is 8.91. The number of methoxy groups -OCH3 is 2. The van der Waals surface area contributed by atoms with Crippen LogP contribution < -0.4 is 26.2 Å². The van der Waals surface area contributed by atoms with Gasteiger partial charge in [-0.1, -0.05) is 52.0 Å². The van der Waals surface area contributed by atoms with Crippen LogP contribution in [0.2, 0.25) is 0 Å². The average molecular weight is 846 g/mol. The van der Waals surface area contributed by atoms with Crippen LogP contribution in [0.25, 0.3) is 0 Å². The van der Waals surface area contributed by atoms with Gasteiger partial charge in [0.15, 0.2) is 0 Å². The number of rotatable bonds is 19. The zero-order valence-electron chi connectivity index (χ0n) is 36.2. The van der Waals surface area contributed by atoms with Gasteiger partial charge in [0.25, 0.3) is 0 Å². The highest BCUT2D eigenvalue weighted by Gasteiger charge is 2.39. The Bertz CT molecular complexity index is 1980. The first-order valence-corrected chi connectivity index (χ1v) is 20.6. The summed E-state index contributed by atoms with van der Waals surface area (Å²) in [6.07, 6.45) is 1.11. The third kappa shape index (κ3) is 14.2. The summed E-state index contributed by atoms with van der Waals surface area (Å²) in [5.41, 5.74) is 3.67. The third-order valence-corrected chi connectivity index (χ3v) is 10.5. The van der Waals surface area contributed by atoms with E-state index in [4.69, 9.17) is 4.74 Å². The average Bonchev–Trinajstić information content (AvgIpc) is 3.73. The van der Waals surface area contributed by atoms with Gasteiger partial charge >= 0.3 is 12.2 Å². The van der Waals surface area contributed by atoms with E-state index in [0.717, 1.165) is 16.8 Å². The number of hydrogen-bond donors (Lipinski definition) is 4. The molecule has 1 aliphatic rings. The van der Waals surface area contributed by atoms with Crippen molar-refractivity contribution in [3.05, 3.63) is 89.7 Å². The lowest BCUT2D eigenvalue weighted by atomic mass is 10.0. The number of likely N-dealkylation sites (tertiary alicyclic amines) is 1. The first-order valence-electron chi connectivity index (χ1n) is 20.6. The second-order valence-electron chi connectivity index (χ2n) is 15.9. The molecule has 0 radical (unpaired) electrons. The Morgan fingerprint density at radius 3 is 1.89 bits per heavy atom. The zero-order chi connectivity index (χ0) is 44.6. The van der Waals surface area contributed by atoms with Gasteiger partial charge in [0.2, 0.25) is 23.6 Å². The summed E-state index contributed by atoms with van der Waals surface area (Å²) in [7, 11) is 4.14. The standard InChI is InChI=1S/C45H60FN7O8/c1-29(2)39(49-44(58)60-6)42(56)51(5)23-9-8-18-38(54)47-34-15-10-13-31(25-34)27-52(36-21-19-33(46)20-22-36)28-32-14-11-16-35(26-32)48-41(55)37-17-12-24-53(37)43(57)40(30(3)4)50-45(59)61-7/h10-11,13-16,19-22,25-26,29-30,37,39-40H,8-9,12,17-18,23-24,27-28H2,1-7H3,(H,47,54)(H,48,55)(H,49,58)(H,50,59)/t37-,39-,40-/m0/s1. The molecule has 15 nitrogen and oxygen atoms in total. The second kappa shape index (κ2) is 23.0. The molecule has 1 aliphatic heterocycles. The number of unbranched alkanes of at least 4 members (excludes halogenated alkanes) is 1. The molecule has 4 N–H and O–H groups in total. The van der Waals surface area contributed by atoms with E-state index in [0.29, 0.717) is 63.2 Å². The third-order valence-electron chi connectivity index (χ3n) is 10.5. The Morgan fingerprint density at radius 1 is 0.770 bits per heavy atom. The Balaban J connectivity index is 1.38. The number of anilines is 3. The maximum Gasteiger partial charge on any atom is 0.407 e. The number of halogens is 1. The Morgan fingerprint density at radius 2 is 1.33 bits per heavy atom. The molecule has 6 amide bonds. The number of nitrogens with zero attached hydrogens (tertiary/aromatic N) is 3. The molecular weight excluding hydrogens is 786 g/mol. The molecule has 0 spiro atoms. The van der Waals surface area contributed by atoms with Gasteiger partial charge in [-0.2, -0.15) is 0 Å². The fraction of sp³-hybridized carbons (Fsp3) is 0.467. The molecule has 0 bridgehead atoms. The molecule has 0 saturated carbocycles. The van der Waals surface area contributed by atoms with E-state index in [2.05, 4.69) is 30.9 Å². The molecule has 0 aliphatic carbocycles. The van der Waals surface area contributed by atoms with Crippen LogP contribution in [0.15, 0.2) is 72.8 Å². The number of carbonyl (C=O) groups excluding carboxylic acids is 6. The summed E-state index contributed by atoms with van der Waals surface area (Å²) in [5, 5.41) is 11.1. The molecule has 330 valence electrons. The maximum absolute atomic E-state index is 14.0. The first-order chi connectivity index (χ1) is 29.1. The molecule has 4 rings (SSSR count). The predicted octanol–water partition coefficient (Wildman–Crippen LogP) is 6.29. The van der Waals surface area contributed by atoms with Crippen LogP contribution in [0.4, 0.5) is 31.0 Å². The molecule has 0 unspecified atom stereocenters. The molecule has 1 fully saturated rings. The van der Waals surface area contributed by atoms with Crippen molar-refractivity contribution in [2.24, 2.45) is 11.8 Å². The van der Waals surface area contributed by atoms with E-state index in [9.17, 15) is 33.2 Å². The fourth-order valence-electron chi connectivity index (χ4n) is 7.14. The van der Waals surface area contributed by atoms with Crippen LogP contribution in [0, 0.1) is 17.7 Å². The van der Waals surface area contributed by atoms with Gasteiger partial charge in [-0.05, 0) is 97.2 Å². The SMILES string of the molecule is COC(=O)N[C@H](C(=O)N(C)CCCCC(=O)Nc1cccc(CN(Cc2cccc(NC(=O)[C@@H]3CCCN3C(=O)[C@@H](NC(=O)OC)C(C)C)c2)c2ccc(F)cc2)c1)C(C)C. The summed E-state index contributed by atoms with van der Waals surface area (Å²) in [5.74, 6) is -1.80. The summed E-state index contributed by atoms with van der Waals surface area (Å²) < 4.78 is 23.4. The minimum Gasteiger partial charge on any atom is -0.453 e.